The molecule has 1 unspecified atom stereocenters. The molecule has 0 aromatic carbocycles. The molecule has 0 radical (unpaired) electrons. The monoisotopic (exact) mass is 417 g/mol. The van der Waals surface area contributed by atoms with Crippen molar-refractivity contribution in [3.8, 4) is 12.8 Å². The Hall–Kier alpha value is -1.56. The van der Waals surface area contributed by atoms with E-state index >= 15 is 0 Å². The SMILES string of the molecule is C#C.C/C=C(C)\C=C(\C)CCOC(C)/C=C\C=C(/CC)C1CCNCC1.CC.CC. The van der Waals surface area contributed by atoms with Crippen molar-refractivity contribution in [1.29, 1.82) is 0 Å². The minimum Gasteiger partial charge on any atom is -0.374 e. The van der Waals surface area contributed by atoms with E-state index in [4.69, 9.17) is 4.74 Å². The van der Waals surface area contributed by atoms with Crippen LogP contribution < -0.4 is 5.32 Å². The van der Waals surface area contributed by atoms with Crippen molar-refractivity contribution < 1.29 is 4.74 Å². The van der Waals surface area contributed by atoms with E-state index < -0.39 is 0 Å². The van der Waals surface area contributed by atoms with Gasteiger partial charge in [-0.2, -0.15) is 0 Å². The number of nitrogens with one attached hydrogen (secondary N) is 1. The van der Waals surface area contributed by atoms with Crippen LogP contribution in [0.15, 0.2) is 47.1 Å². The molecule has 0 amide bonds. The number of piperidine rings is 1. The van der Waals surface area contributed by atoms with Gasteiger partial charge in [0.2, 0.25) is 0 Å². The average molecular weight is 418 g/mol. The first-order valence-corrected chi connectivity index (χ1v) is 11.9. The molecule has 1 N–H and O–H groups in total. The molecule has 1 heterocycles. The first-order valence-electron chi connectivity index (χ1n) is 11.9. The van der Waals surface area contributed by atoms with Crippen LogP contribution in [0.3, 0.4) is 0 Å². The Balaban J connectivity index is -0.00000111. The summed E-state index contributed by atoms with van der Waals surface area (Å²) in [5, 5.41) is 3.44. The summed E-state index contributed by atoms with van der Waals surface area (Å²) in [6.45, 7) is 21.9. The summed E-state index contributed by atoms with van der Waals surface area (Å²) in [5.74, 6) is 0.764. The number of allylic oxidation sites excluding steroid dienone is 6. The molecule has 0 aliphatic carbocycles. The highest BCUT2D eigenvalue weighted by atomic mass is 16.5. The van der Waals surface area contributed by atoms with Gasteiger partial charge in [0.15, 0.2) is 0 Å². The van der Waals surface area contributed by atoms with E-state index in [1.807, 2.05) is 27.7 Å². The van der Waals surface area contributed by atoms with Gasteiger partial charge in [0.25, 0.3) is 0 Å². The Kier molecular flexibility index (Phi) is 28.1. The fourth-order valence-electron chi connectivity index (χ4n) is 3.08. The molecule has 0 aromatic heterocycles. The fourth-order valence-corrected chi connectivity index (χ4v) is 3.08. The molecular weight excluding hydrogens is 366 g/mol. The first-order chi connectivity index (χ1) is 14.6. The molecule has 0 aromatic rings. The second-order valence-electron chi connectivity index (χ2n) is 6.85. The van der Waals surface area contributed by atoms with Crippen molar-refractivity contribution in [3.63, 3.8) is 0 Å². The maximum Gasteiger partial charge on any atom is 0.0730 e. The Bertz CT molecular complexity index is 502. The number of terminal acetylenes is 1. The smallest absolute Gasteiger partial charge is 0.0730 e. The van der Waals surface area contributed by atoms with Gasteiger partial charge in [-0.15, -0.1) is 12.8 Å². The molecule has 0 bridgehead atoms. The lowest BCUT2D eigenvalue weighted by molar-refractivity contribution is 0.100. The summed E-state index contributed by atoms with van der Waals surface area (Å²) >= 11 is 0. The molecule has 1 fully saturated rings. The van der Waals surface area contributed by atoms with Gasteiger partial charge in [-0.3, -0.25) is 0 Å². The van der Waals surface area contributed by atoms with Gasteiger partial charge < -0.3 is 10.1 Å². The number of hydrogen-bond acceptors (Lipinski definition) is 2. The maximum absolute atomic E-state index is 5.90. The van der Waals surface area contributed by atoms with Crippen LogP contribution in [0, 0.1) is 18.8 Å². The molecule has 1 atom stereocenters. The van der Waals surface area contributed by atoms with Gasteiger partial charge in [-0.1, -0.05) is 81.7 Å². The van der Waals surface area contributed by atoms with Gasteiger partial charge in [-0.25, -0.2) is 0 Å². The topological polar surface area (TPSA) is 21.3 Å². The second-order valence-corrected chi connectivity index (χ2v) is 6.85. The normalized spacial score (nSPS) is 16.4. The number of hydrogen-bond donors (Lipinski definition) is 1. The lowest BCUT2D eigenvalue weighted by atomic mass is 9.88. The van der Waals surface area contributed by atoms with Gasteiger partial charge in [0.05, 0.1) is 12.7 Å². The van der Waals surface area contributed by atoms with E-state index in [1.54, 1.807) is 5.57 Å². The predicted octanol–water partition coefficient (Wildman–Crippen LogP) is 7.89. The number of rotatable bonds is 9. The third kappa shape index (κ3) is 18.5. The van der Waals surface area contributed by atoms with Crippen molar-refractivity contribution in [2.75, 3.05) is 19.7 Å². The van der Waals surface area contributed by atoms with Crippen molar-refractivity contribution in [1.82, 2.24) is 5.32 Å². The van der Waals surface area contributed by atoms with Crippen LogP contribution in [0.25, 0.3) is 0 Å². The zero-order chi connectivity index (χ0) is 23.8. The van der Waals surface area contributed by atoms with E-state index in [1.165, 1.54) is 24.0 Å². The maximum atomic E-state index is 5.90. The fraction of sp³-hybridized carbons (Fsp3) is 0.643. The summed E-state index contributed by atoms with van der Waals surface area (Å²) < 4.78 is 5.90. The minimum atomic E-state index is 0.169. The molecule has 30 heavy (non-hydrogen) atoms. The van der Waals surface area contributed by atoms with Crippen molar-refractivity contribution in [3.05, 3.63) is 47.1 Å². The zero-order valence-corrected chi connectivity index (χ0v) is 21.6. The zero-order valence-electron chi connectivity index (χ0n) is 21.6. The largest absolute Gasteiger partial charge is 0.374 e. The molecule has 1 rings (SSSR count). The lowest BCUT2D eigenvalue weighted by Gasteiger charge is -2.24. The van der Waals surface area contributed by atoms with Crippen LogP contribution in [-0.2, 0) is 4.74 Å². The number of ether oxygens (including phenoxy) is 1. The quantitative estimate of drug-likeness (QED) is 0.304. The van der Waals surface area contributed by atoms with Gasteiger partial charge >= 0.3 is 0 Å². The molecule has 0 saturated carbocycles. The Morgan fingerprint density at radius 3 is 2.17 bits per heavy atom. The van der Waals surface area contributed by atoms with E-state index in [0.717, 1.165) is 38.5 Å². The Morgan fingerprint density at radius 1 is 1.10 bits per heavy atom. The lowest BCUT2D eigenvalue weighted by Crippen LogP contribution is -2.28. The van der Waals surface area contributed by atoms with Crippen molar-refractivity contribution in [2.24, 2.45) is 5.92 Å². The molecule has 2 heteroatoms. The van der Waals surface area contributed by atoms with Crippen LogP contribution in [0.5, 0.6) is 0 Å². The molecule has 1 saturated heterocycles. The summed E-state index contributed by atoms with van der Waals surface area (Å²) in [5.41, 5.74) is 4.27. The Morgan fingerprint density at radius 2 is 1.67 bits per heavy atom. The molecule has 0 spiro atoms. The van der Waals surface area contributed by atoms with Crippen LogP contribution in [-0.4, -0.2) is 25.8 Å². The summed E-state index contributed by atoms with van der Waals surface area (Å²) in [4.78, 5) is 0. The Labute approximate surface area is 190 Å². The highest BCUT2D eigenvalue weighted by Gasteiger charge is 2.15. The second kappa shape index (κ2) is 25.5. The summed E-state index contributed by atoms with van der Waals surface area (Å²) in [7, 11) is 0. The van der Waals surface area contributed by atoms with E-state index in [0.29, 0.717) is 0 Å². The van der Waals surface area contributed by atoms with Crippen LogP contribution in [0.2, 0.25) is 0 Å². The van der Waals surface area contributed by atoms with Gasteiger partial charge in [0, 0.05) is 0 Å². The van der Waals surface area contributed by atoms with Gasteiger partial charge in [0.1, 0.15) is 0 Å². The molecule has 2 nitrogen and oxygen atoms in total. The molecule has 1 aliphatic rings. The van der Waals surface area contributed by atoms with Gasteiger partial charge in [-0.05, 0) is 72.4 Å². The van der Waals surface area contributed by atoms with Crippen LogP contribution in [0.1, 0.15) is 88.0 Å². The summed E-state index contributed by atoms with van der Waals surface area (Å²) in [6, 6.07) is 0. The standard InChI is InChI=1S/C22H37NO.2C2H6.C2H2/c1-6-18(3)17-19(4)13-16-24-20(5)9-8-10-21(7-2)22-11-14-23-15-12-22;3*1-2/h6,8-10,17,20,22-23H,7,11-16H2,1-5H3;2*1-2H3;1-2H/b9-8-,18-6-,19-17-,21-10+;;;. The van der Waals surface area contributed by atoms with E-state index in [2.05, 4.69) is 83.2 Å². The minimum absolute atomic E-state index is 0.169. The predicted molar refractivity (Wildman–Crippen MR) is 139 cm³/mol. The van der Waals surface area contributed by atoms with E-state index in [-0.39, 0.29) is 6.10 Å². The average Bonchev–Trinajstić information content (AvgIpc) is 2.81. The van der Waals surface area contributed by atoms with Crippen LogP contribution >= 0.6 is 0 Å². The van der Waals surface area contributed by atoms with Crippen molar-refractivity contribution in [2.45, 2.75) is 94.1 Å². The molecule has 174 valence electrons. The first kappa shape index (κ1) is 33.1. The highest BCUT2D eigenvalue weighted by Crippen LogP contribution is 2.23. The third-order valence-corrected chi connectivity index (χ3v) is 4.77. The molecule has 1 aliphatic heterocycles. The van der Waals surface area contributed by atoms with E-state index in [9.17, 15) is 0 Å². The van der Waals surface area contributed by atoms with Crippen LogP contribution in [0.4, 0.5) is 0 Å². The van der Waals surface area contributed by atoms with Crippen molar-refractivity contribution >= 4 is 0 Å². The summed E-state index contributed by atoms with van der Waals surface area (Å²) in [6.07, 6.45) is 23.9. The third-order valence-electron chi connectivity index (χ3n) is 4.77. The molecular formula is C28H51NO. The highest BCUT2D eigenvalue weighted by molar-refractivity contribution is 5.20.